The number of benzene rings is 2. The first-order valence-electron chi connectivity index (χ1n) is 9.39. The Balaban J connectivity index is 1.45. The van der Waals surface area contributed by atoms with Crippen LogP contribution in [0.1, 0.15) is 36.0 Å². The highest BCUT2D eigenvalue weighted by Crippen LogP contribution is 2.32. The number of thiazole rings is 1. The molecule has 1 N–H and O–H groups in total. The van der Waals surface area contributed by atoms with Crippen LogP contribution in [-0.2, 0) is 0 Å². The van der Waals surface area contributed by atoms with Crippen LogP contribution < -0.4 is 14.8 Å². The van der Waals surface area contributed by atoms with Gasteiger partial charge in [-0.1, -0.05) is 0 Å². The van der Waals surface area contributed by atoms with Gasteiger partial charge in [0.25, 0.3) is 5.91 Å². The van der Waals surface area contributed by atoms with Crippen molar-refractivity contribution >= 4 is 22.9 Å². The largest absolute Gasteiger partial charge is 0.493 e. The molecule has 1 aliphatic carbocycles. The van der Waals surface area contributed by atoms with E-state index in [1.807, 2.05) is 35.7 Å². The molecule has 144 valence electrons. The topological polar surface area (TPSA) is 60.5 Å². The standard InChI is InChI=1S/C22H22N2O3S/c1-26-20-14-16(8-11-19(20)27-18-4-2-3-5-18)21(25)24-17-9-6-15(7-10-17)22-23-12-13-28-22/h6-14,18H,2-5H2,1H3,(H,24,25). The zero-order valence-electron chi connectivity index (χ0n) is 15.7. The van der Waals surface area contributed by atoms with E-state index < -0.39 is 0 Å². The molecule has 1 heterocycles. The van der Waals surface area contributed by atoms with Gasteiger partial charge in [-0.15, -0.1) is 11.3 Å². The van der Waals surface area contributed by atoms with Gasteiger partial charge in [0.15, 0.2) is 11.5 Å². The molecule has 1 aromatic heterocycles. The number of ether oxygens (including phenoxy) is 2. The number of nitrogens with one attached hydrogen (secondary N) is 1. The van der Waals surface area contributed by atoms with Crippen molar-refractivity contribution in [2.45, 2.75) is 31.8 Å². The van der Waals surface area contributed by atoms with Gasteiger partial charge in [-0.05, 0) is 68.1 Å². The third-order valence-electron chi connectivity index (χ3n) is 4.84. The summed E-state index contributed by atoms with van der Waals surface area (Å²) in [5, 5.41) is 5.82. The van der Waals surface area contributed by atoms with Crippen LogP contribution in [0.5, 0.6) is 11.5 Å². The van der Waals surface area contributed by atoms with Crippen LogP contribution in [-0.4, -0.2) is 24.1 Å². The average molecular weight is 394 g/mol. The minimum Gasteiger partial charge on any atom is -0.493 e. The summed E-state index contributed by atoms with van der Waals surface area (Å²) in [4.78, 5) is 16.9. The highest BCUT2D eigenvalue weighted by molar-refractivity contribution is 7.13. The van der Waals surface area contributed by atoms with E-state index in [1.54, 1.807) is 36.8 Å². The highest BCUT2D eigenvalue weighted by atomic mass is 32.1. The summed E-state index contributed by atoms with van der Waals surface area (Å²) in [6.45, 7) is 0. The Kier molecular flexibility index (Phi) is 5.58. The lowest BCUT2D eigenvalue weighted by Crippen LogP contribution is -2.14. The van der Waals surface area contributed by atoms with Crippen molar-refractivity contribution in [3.63, 3.8) is 0 Å². The minimum atomic E-state index is -0.187. The number of rotatable bonds is 6. The Morgan fingerprint density at radius 1 is 1.11 bits per heavy atom. The summed E-state index contributed by atoms with van der Waals surface area (Å²) in [7, 11) is 1.59. The normalized spacial score (nSPS) is 14.0. The predicted molar refractivity (Wildman–Crippen MR) is 111 cm³/mol. The summed E-state index contributed by atoms with van der Waals surface area (Å²) >= 11 is 1.58. The Hall–Kier alpha value is -2.86. The molecular weight excluding hydrogens is 372 g/mol. The first-order chi connectivity index (χ1) is 13.7. The van der Waals surface area contributed by atoms with Gasteiger partial charge in [0, 0.05) is 28.4 Å². The molecule has 1 fully saturated rings. The summed E-state index contributed by atoms with van der Waals surface area (Å²) in [6, 6.07) is 13.0. The second kappa shape index (κ2) is 8.44. The fraction of sp³-hybridized carbons (Fsp3) is 0.273. The van der Waals surface area contributed by atoms with E-state index in [0.717, 1.165) is 29.1 Å². The molecule has 1 amide bonds. The van der Waals surface area contributed by atoms with Crippen molar-refractivity contribution in [3.8, 4) is 22.1 Å². The van der Waals surface area contributed by atoms with Crippen molar-refractivity contribution in [1.82, 2.24) is 4.98 Å². The third-order valence-corrected chi connectivity index (χ3v) is 5.67. The monoisotopic (exact) mass is 394 g/mol. The fourth-order valence-electron chi connectivity index (χ4n) is 3.36. The van der Waals surface area contributed by atoms with E-state index in [0.29, 0.717) is 17.1 Å². The quantitative estimate of drug-likeness (QED) is 0.609. The number of methoxy groups -OCH3 is 1. The maximum absolute atomic E-state index is 12.6. The van der Waals surface area contributed by atoms with Gasteiger partial charge in [-0.2, -0.15) is 0 Å². The summed E-state index contributed by atoms with van der Waals surface area (Å²) in [5.41, 5.74) is 2.29. The SMILES string of the molecule is COc1cc(C(=O)Nc2ccc(-c3nccs3)cc2)ccc1OC1CCCC1. The Morgan fingerprint density at radius 3 is 2.57 bits per heavy atom. The second-order valence-electron chi connectivity index (χ2n) is 6.76. The maximum Gasteiger partial charge on any atom is 0.255 e. The molecule has 0 unspecified atom stereocenters. The molecule has 28 heavy (non-hydrogen) atoms. The number of anilines is 1. The zero-order chi connectivity index (χ0) is 19.3. The summed E-state index contributed by atoms with van der Waals surface area (Å²) in [6.07, 6.45) is 6.57. The van der Waals surface area contributed by atoms with Gasteiger partial charge in [0.1, 0.15) is 5.01 Å². The lowest BCUT2D eigenvalue weighted by atomic mass is 10.1. The molecule has 0 bridgehead atoms. The smallest absolute Gasteiger partial charge is 0.255 e. The number of amides is 1. The van der Waals surface area contributed by atoms with Gasteiger partial charge < -0.3 is 14.8 Å². The van der Waals surface area contributed by atoms with Crippen LogP contribution in [0, 0.1) is 0 Å². The fourth-order valence-corrected chi connectivity index (χ4v) is 4.00. The van der Waals surface area contributed by atoms with Crippen LogP contribution in [0.25, 0.3) is 10.6 Å². The molecule has 6 heteroatoms. The van der Waals surface area contributed by atoms with Crippen LogP contribution >= 0.6 is 11.3 Å². The number of hydrogen-bond donors (Lipinski definition) is 1. The van der Waals surface area contributed by atoms with E-state index in [1.165, 1.54) is 12.8 Å². The van der Waals surface area contributed by atoms with Crippen LogP contribution in [0.2, 0.25) is 0 Å². The van der Waals surface area contributed by atoms with Gasteiger partial charge in [0.05, 0.1) is 13.2 Å². The summed E-state index contributed by atoms with van der Waals surface area (Å²) in [5.74, 6) is 1.09. The Bertz CT molecular complexity index is 933. The van der Waals surface area contributed by atoms with Crippen LogP contribution in [0.4, 0.5) is 5.69 Å². The van der Waals surface area contributed by atoms with E-state index in [4.69, 9.17) is 9.47 Å². The van der Waals surface area contributed by atoms with E-state index in [-0.39, 0.29) is 12.0 Å². The lowest BCUT2D eigenvalue weighted by molar-refractivity contribution is 0.102. The number of carbonyl (C=O) groups is 1. The molecule has 0 saturated heterocycles. The molecule has 3 aromatic rings. The van der Waals surface area contributed by atoms with E-state index >= 15 is 0 Å². The summed E-state index contributed by atoms with van der Waals surface area (Å²) < 4.78 is 11.5. The van der Waals surface area contributed by atoms with Gasteiger partial charge in [-0.3, -0.25) is 4.79 Å². The molecule has 0 aliphatic heterocycles. The molecular formula is C22H22N2O3S. The third kappa shape index (κ3) is 4.17. The molecule has 0 atom stereocenters. The average Bonchev–Trinajstić information content (AvgIpc) is 3.43. The molecule has 4 rings (SSSR count). The van der Waals surface area contributed by atoms with Crippen molar-refractivity contribution in [2.75, 3.05) is 12.4 Å². The number of nitrogens with zero attached hydrogens (tertiary/aromatic N) is 1. The molecule has 1 aliphatic rings. The first kappa shape index (κ1) is 18.5. The van der Waals surface area contributed by atoms with Gasteiger partial charge in [-0.25, -0.2) is 4.98 Å². The van der Waals surface area contributed by atoms with Crippen molar-refractivity contribution < 1.29 is 14.3 Å². The first-order valence-corrected chi connectivity index (χ1v) is 10.3. The Labute approximate surface area is 168 Å². The lowest BCUT2D eigenvalue weighted by Gasteiger charge is -2.16. The predicted octanol–water partition coefficient (Wildman–Crippen LogP) is 5.39. The van der Waals surface area contributed by atoms with Crippen LogP contribution in [0.3, 0.4) is 0 Å². The molecule has 5 nitrogen and oxygen atoms in total. The second-order valence-corrected chi connectivity index (χ2v) is 7.65. The van der Waals surface area contributed by atoms with Gasteiger partial charge >= 0.3 is 0 Å². The van der Waals surface area contributed by atoms with E-state index in [2.05, 4.69) is 10.3 Å². The molecule has 2 aromatic carbocycles. The zero-order valence-corrected chi connectivity index (χ0v) is 16.5. The number of aromatic nitrogens is 1. The van der Waals surface area contributed by atoms with Crippen LogP contribution in [0.15, 0.2) is 54.0 Å². The van der Waals surface area contributed by atoms with Gasteiger partial charge in [0.2, 0.25) is 0 Å². The van der Waals surface area contributed by atoms with Crippen molar-refractivity contribution in [2.24, 2.45) is 0 Å². The highest BCUT2D eigenvalue weighted by Gasteiger charge is 2.19. The van der Waals surface area contributed by atoms with Crippen molar-refractivity contribution in [3.05, 3.63) is 59.6 Å². The number of carbonyl (C=O) groups excluding carboxylic acids is 1. The number of hydrogen-bond acceptors (Lipinski definition) is 5. The molecule has 1 saturated carbocycles. The molecule has 0 radical (unpaired) electrons. The molecule has 0 spiro atoms. The van der Waals surface area contributed by atoms with E-state index in [9.17, 15) is 4.79 Å². The Morgan fingerprint density at radius 2 is 1.89 bits per heavy atom. The van der Waals surface area contributed by atoms with Crippen molar-refractivity contribution in [1.29, 1.82) is 0 Å². The minimum absolute atomic E-state index is 0.187. The maximum atomic E-state index is 12.6.